The number of aliphatic carboxylic acids is 1. The van der Waals surface area contributed by atoms with Crippen molar-refractivity contribution < 1.29 is 19.4 Å². The smallest absolute Gasteiger partial charge is 0.323 e. The Bertz CT molecular complexity index is 489. The number of hydrogen-bond acceptors (Lipinski definition) is 4. The van der Waals surface area contributed by atoms with E-state index in [4.69, 9.17) is 9.47 Å². The average molecular weight is 295 g/mol. The summed E-state index contributed by atoms with van der Waals surface area (Å²) in [6.45, 7) is 5.62. The van der Waals surface area contributed by atoms with Gasteiger partial charge in [-0.2, -0.15) is 0 Å². The molecule has 0 aromatic heterocycles. The first-order valence-electron chi connectivity index (χ1n) is 7.11. The maximum absolute atomic E-state index is 11.5. The normalized spacial score (nSPS) is 15.1. The Balaban J connectivity index is 3.02. The van der Waals surface area contributed by atoms with Gasteiger partial charge in [-0.15, -0.1) is 0 Å². The number of rotatable bonds is 8. The minimum absolute atomic E-state index is 0.154. The van der Waals surface area contributed by atoms with E-state index in [9.17, 15) is 9.90 Å². The van der Waals surface area contributed by atoms with Gasteiger partial charge in [-0.05, 0) is 26.3 Å². The zero-order valence-electron chi connectivity index (χ0n) is 13.4. The minimum Gasteiger partial charge on any atom is -0.497 e. The van der Waals surface area contributed by atoms with Gasteiger partial charge in [-0.3, -0.25) is 10.1 Å². The van der Waals surface area contributed by atoms with Crippen LogP contribution in [0.2, 0.25) is 0 Å². The van der Waals surface area contributed by atoms with E-state index >= 15 is 0 Å². The molecule has 1 rings (SSSR count). The predicted molar refractivity (Wildman–Crippen MR) is 82.0 cm³/mol. The molecule has 0 saturated carbocycles. The number of nitrogens with one attached hydrogen (secondary N) is 1. The molecule has 0 spiro atoms. The number of carboxylic acid groups (broad SMARTS) is 1. The Morgan fingerprint density at radius 1 is 1.38 bits per heavy atom. The summed E-state index contributed by atoms with van der Waals surface area (Å²) >= 11 is 0. The van der Waals surface area contributed by atoms with E-state index in [0.29, 0.717) is 17.9 Å². The molecular formula is C16H25NO4. The van der Waals surface area contributed by atoms with Crippen LogP contribution in [0.15, 0.2) is 18.2 Å². The van der Waals surface area contributed by atoms with Gasteiger partial charge in [0.25, 0.3) is 0 Å². The summed E-state index contributed by atoms with van der Waals surface area (Å²) in [5.41, 5.74) is -0.0547. The van der Waals surface area contributed by atoms with E-state index in [2.05, 4.69) is 5.32 Å². The van der Waals surface area contributed by atoms with Crippen molar-refractivity contribution in [2.75, 3.05) is 14.2 Å². The quantitative estimate of drug-likeness (QED) is 0.771. The summed E-state index contributed by atoms with van der Waals surface area (Å²) in [7, 11) is 3.19. The Kier molecular flexibility index (Phi) is 6.03. The third-order valence-corrected chi connectivity index (χ3v) is 3.66. The monoisotopic (exact) mass is 295 g/mol. The lowest BCUT2D eigenvalue weighted by Gasteiger charge is -2.30. The second kappa shape index (κ2) is 7.31. The van der Waals surface area contributed by atoms with Crippen LogP contribution in [0, 0.1) is 0 Å². The molecule has 0 saturated heterocycles. The third kappa shape index (κ3) is 4.11. The van der Waals surface area contributed by atoms with Gasteiger partial charge in [0.15, 0.2) is 0 Å². The molecule has 2 atom stereocenters. The number of carbonyl (C=O) groups is 1. The van der Waals surface area contributed by atoms with E-state index in [0.717, 1.165) is 12.0 Å². The Hall–Kier alpha value is -1.75. The predicted octanol–water partition coefficient (Wildman–Crippen LogP) is 3.00. The van der Waals surface area contributed by atoms with Gasteiger partial charge in [-0.25, -0.2) is 0 Å². The second-order valence-electron chi connectivity index (χ2n) is 5.36. The first-order valence-corrected chi connectivity index (χ1v) is 7.11. The molecule has 0 amide bonds. The number of carboxylic acids is 1. The highest BCUT2D eigenvalue weighted by Gasteiger charge is 2.34. The van der Waals surface area contributed by atoms with Crippen molar-refractivity contribution in [1.82, 2.24) is 5.32 Å². The second-order valence-corrected chi connectivity index (χ2v) is 5.36. The number of hydrogen-bond donors (Lipinski definition) is 2. The molecule has 0 radical (unpaired) electrons. The largest absolute Gasteiger partial charge is 0.497 e. The molecule has 2 N–H and O–H groups in total. The van der Waals surface area contributed by atoms with Crippen molar-refractivity contribution in [1.29, 1.82) is 0 Å². The van der Waals surface area contributed by atoms with Gasteiger partial charge in [0, 0.05) is 17.7 Å². The van der Waals surface area contributed by atoms with Gasteiger partial charge in [-0.1, -0.05) is 19.4 Å². The Morgan fingerprint density at radius 2 is 2.05 bits per heavy atom. The Morgan fingerprint density at radius 3 is 2.52 bits per heavy atom. The minimum atomic E-state index is -0.959. The molecule has 1 aromatic rings. The van der Waals surface area contributed by atoms with E-state index in [1.807, 2.05) is 26.0 Å². The van der Waals surface area contributed by atoms with Crippen LogP contribution in [-0.2, 0) is 4.79 Å². The summed E-state index contributed by atoms with van der Waals surface area (Å²) in [6, 6.07) is 5.38. The average Bonchev–Trinajstić information content (AvgIpc) is 2.46. The molecule has 2 unspecified atom stereocenters. The van der Waals surface area contributed by atoms with Gasteiger partial charge in [0.2, 0.25) is 0 Å². The Labute approximate surface area is 126 Å². The topological polar surface area (TPSA) is 67.8 Å². The molecule has 5 nitrogen and oxygen atoms in total. The van der Waals surface area contributed by atoms with Crippen molar-refractivity contribution in [3.63, 3.8) is 0 Å². The molecule has 0 aliphatic rings. The molecule has 0 aliphatic heterocycles. The SMILES string of the molecule is CCCC(C)(NC(C)c1ccc(OC)cc1OC)C(=O)O. The first kappa shape index (κ1) is 17.3. The van der Waals surface area contributed by atoms with E-state index in [-0.39, 0.29) is 6.04 Å². The molecule has 0 fully saturated rings. The molecule has 118 valence electrons. The van der Waals surface area contributed by atoms with E-state index < -0.39 is 11.5 Å². The van der Waals surface area contributed by atoms with Crippen molar-refractivity contribution in [3.8, 4) is 11.5 Å². The van der Waals surface area contributed by atoms with E-state index in [1.165, 1.54) is 0 Å². The lowest BCUT2D eigenvalue weighted by molar-refractivity contribution is -0.144. The molecule has 0 aliphatic carbocycles. The third-order valence-electron chi connectivity index (χ3n) is 3.66. The number of benzene rings is 1. The fraction of sp³-hybridized carbons (Fsp3) is 0.562. The van der Waals surface area contributed by atoms with Crippen molar-refractivity contribution in [3.05, 3.63) is 23.8 Å². The highest BCUT2D eigenvalue weighted by Crippen LogP contribution is 2.31. The summed E-state index contributed by atoms with van der Waals surface area (Å²) in [4.78, 5) is 11.5. The molecule has 1 aromatic carbocycles. The first-order chi connectivity index (χ1) is 9.87. The van der Waals surface area contributed by atoms with Crippen LogP contribution in [0.4, 0.5) is 0 Å². The van der Waals surface area contributed by atoms with Crippen LogP contribution in [0.1, 0.15) is 45.2 Å². The number of methoxy groups -OCH3 is 2. The van der Waals surface area contributed by atoms with Crippen molar-refractivity contribution in [2.45, 2.75) is 45.2 Å². The van der Waals surface area contributed by atoms with Crippen LogP contribution in [0.5, 0.6) is 11.5 Å². The summed E-state index contributed by atoms with van der Waals surface area (Å²) < 4.78 is 10.6. The van der Waals surface area contributed by atoms with Gasteiger partial charge >= 0.3 is 5.97 Å². The van der Waals surface area contributed by atoms with Crippen molar-refractivity contribution >= 4 is 5.97 Å². The van der Waals surface area contributed by atoms with Crippen molar-refractivity contribution in [2.24, 2.45) is 0 Å². The standard InChI is InChI=1S/C16H25NO4/c1-6-9-16(3,15(18)19)17-11(2)13-8-7-12(20-4)10-14(13)21-5/h7-8,10-11,17H,6,9H2,1-5H3,(H,18,19). The molecule has 0 heterocycles. The highest BCUT2D eigenvalue weighted by atomic mass is 16.5. The maximum Gasteiger partial charge on any atom is 0.323 e. The fourth-order valence-corrected chi connectivity index (χ4v) is 2.47. The molecule has 21 heavy (non-hydrogen) atoms. The van der Waals surface area contributed by atoms with Crippen LogP contribution < -0.4 is 14.8 Å². The zero-order chi connectivity index (χ0) is 16.0. The summed E-state index contributed by atoms with van der Waals surface area (Å²) in [5.74, 6) is 0.541. The molecule has 0 bridgehead atoms. The number of ether oxygens (including phenoxy) is 2. The molecular weight excluding hydrogens is 270 g/mol. The van der Waals surface area contributed by atoms with Gasteiger partial charge in [0.05, 0.1) is 14.2 Å². The van der Waals surface area contributed by atoms with Crippen LogP contribution in [0.3, 0.4) is 0 Å². The lowest BCUT2D eigenvalue weighted by Crippen LogP contribution is -2.50. The molecule has 5 heteroatoms. The summed E-state index contributed by atoms with van der Waals surface area (Å²) in [6.07, 6.45) is 1.35. The van der Waals surface area contributed by atoms with Crippen LogP contribution >= 0.6 is 0 Å². The highest BCUT2D eigenvalue weighted by molar-refractivity contribution is 5.78. The maximum atomic E-state index is 11.5. The lowest BCUT2D eigenvalue weighted by atomic mass is 9.93. The summed E-state index contributed by atoms with van der Waals surface area (Å²) in [5, 5.41) is 12.7. The van der Waals surface area contributed by atoms with Crippen LogP contribution in [-0.4, -0.2) is 30.8 Å². The van der Waals surface area contributed by atoms with Gasteiger partial charge in [0.1, 0.15) is 17.0 Å². The van der Waals surface area contributed by atoms with Gasteiger partial charge < -0.3 is 14.6 Å². The fourth-order valence-electron chi connectivity index (χ4n) is 2.47. The van der Waals surface area contributed by atoms with E-state index in [1.54, 1.807) is 27.2 Å². The zero-order valence-corrected chi connectivity index (χ0v) is 13.4. The van der Waals surface area contributed by atoms with Crippen LogP contribution in [0.25, 0.3) is 0 Å².